The Balaban J connectivity index is 1.40. The lowest BCUT2D eigenvalue weighted by atomic mass is 9.75. The highest BCUT2D eigenvalue weighted by molar-refractivity contribution is 6.33. The first-order valence-electron chi connectivity index (χ1n) is 17.3. The zero-order valence-corrected chi connectivity index (χ0v) is 28.6. The number of benzene rings is 8. The van der Waals surface area contributed by atoms with Crippen molar-refractivity contribution in [2.75, 3.05) is 0 Å². The maximum atomic E-state index is 14.2. The van der Waals surface area contributed by atoms with Crippen molar-refractivity contribution in [1.82, 2.24) is 0 Å². The molecule has 242 valence electrons. The van der Waals surface area contributed by atoms with E-state index >= 15 is 0 Å². The maximum absolute atomic E-state index is 14.2. The molecule has 1 aliphatic rings. The Morgan fingerprint density at radius 2 is 0.627 bits per heavy atom. The number of hydrogen-bond acceptors (Lipinski definition) is 1. The molecule has 0 radical (unpaired) electrons. The van der Waals surface area contributed by atoms with Crippen molar-refractivity contribution >= 4 is 11.6 Å². The van der Waals surface area contributed by atoms with E-state index in [0.717, 1.165) is 83.5 Å². The SMILES string of the molecule is OC1(c2ccccc2-c2ccccc2Cl)c2c(-c3ccccc3-c3ccccc3)cccc2-c2cccc(-c3ccccc3-c3ccccc3)c21. The predicted molar refractivity (Wildman–Crippen MR) is 213 cm³/mol. The third kappa shape index (κ3) is 5.05. The van der Waals surface area contributed by atoms with Gasteiger partial charge in [0.2, 0.25) is 0 Å². The van der Waals surface area contributed by atoms with Crippen molar-refractivity contribution in [3.05, 3.63) is 216 Å². The fourth-order valence-corrected chi connectivity index (χ4v) is 8.30. The van der Waals surface area contributed by atoms with Gasteiger partial charge in [0.05, 0.1) is 0 Å². The molecule has 8 aromatic rings. The summed E-state index contributed by atoms with van der Waals surface area (Å²) in [5.74, 6) is 0. The molecule has 1 N–H and O–H groups in total. The summed E-state index contributed by atoms with van der Waals surface area (Å²) in [6.07, 6.45) is 0. The minimum absolute atomic E-state index is 0.636. The van der Waals surface area contributed by atoms with E-state index in [-0.39, 0.29) is 0 Å². The quantitative estimate of drug-likeness (QED) is 0.186. The van der Waals surface area contributed by atoms with Crippen LogP contribution < -0.4 is 0 Å². The molecule has 1 aliphatic carbocycles. The zero-order valence-electron chi connectivity index (χ0n) is 27.8. The summed E-state index contributed by atoms with van der Waals surface area (Å²) < 4.78 is 0. The first-order chi connectivity index (χ1) is 25.1. The minimum atomic E-state index is -1.55. The number of fused-ring (bicyclic) bond motifs is 3. The number of aliphatic hydroxyl groups is 1. The Morgan fingerprint density at radius 1 is 0.294 bits per heavy atom. The fourth-order valence-electron chi connectivity index (χ4n) is 8.06. The van der Waals surface area contributed by atoms with Gasteiger partial charge in [-0.2, -0.15) is 0 Å². The van der Waals surface area contributed by atoms with Gasteiger partial charge in [-0.1, -0.05) is 200 Å². The average molecular weight is 673 g/mol. The van der Waals surface area contributed by atoms with E-state index in [2.05, 4.69) is 146 Å². The smallest absolute Gasteiger partial charge is 0.143 e. The molecule has 0 amide bonds. The van der Waals surface area contributed by atoms with Gasteiger partial charge in [-0.3, -0.25) is 0 Å². The lowest BCUT2D eigenvalue weighted by molar-refractivity contribution is 0.132. The van der Waals surface area contributed by atoms with E-state index in [4.69, 9.17) is 11.6 Å². The number of hydrogen-bond donors (Lipinski definition) is 1. The van der Waals surface area contributed by atoms with Gasteiger partial charge in [-0.05, 0) is 67.3 Å². The molecule has 0 unspecified atom stereocenters. The molecule has 0 spiro atoms. The third-order valence-electron chi connectivity index (χ3n) is 10.2. The Bertz CT molecular complexity index is 2420. The third-order valence-corrected chi connectivity index (χ3v) is 10.6. The molecule has 1 nitrogen and oxygen atoms in total. The lowest BCUT2D eigenvalue weighted by Gasteiger charge is -2.33. The second-order valence-electron chi connectivity index (χ2n) is 13.0. The van der Waals surface area contributed by atoms with Crippen molar-refractivity contribution in [3.8, 4) is 66.8 Å². The van der Waals surface area contributed by atoms with Crippen molar-refractivity contribution in [2.45, 2.75) is 5.60 Å². The van der Waals surface area contributed by atoms with Crippen molar-refractivity contribution in [3.63, 3.8) is 0 Å². The van der Waals surface area contributed by atoms with Crippen LogP contribution in [0.15, 0.2) is 194 Å². The van der Waals surface area contributed by atoms with Crippen LogP contribution >= 0.6 is 11.6 Å². The molecule has 0 saturated carbocycles. The van der Waals surface area contributed by atoms with Gasteiger partial charge in [-0.25, -0.2) is 0 Å². The lowest BCUT2D eigenvalue weighted by Crippen LogP contribution is -2.28. The summed E-state index contributed by atoms with van der Waals surface area (Å²) in [5, 5.41) is 14.8. The summed E-state index contributed by atoms with van der Waals surface area (Å²) in [4.78, 5) is 0. The Hall–Kier alpha value is -5.99. The molecule has 8 aromatic carbocycles. The van der Waals surface area contributed by atoms with Crippen LogP contribution in [-0.2, 0) is 5.60 Å². The highest BCUT2D eigenvalue weighted by Crippen LogP contribution is 2.59. The second kappa shape index (κ2) is 12.7. The van der Waals surface area contributed by atoms with E-state index in [1.807, 2.05) is 48.5 Å². The molecule has 51 heavy (non-hydrogen) atoms. The predicted octanol–water partition coefficient (Wildman–Crippen LogP) is 12.9. The van der Waals surface area contributed by atoms with Gasteiger partial charge in [0.15, 0.2) is 0 Å². The van der Waals surface area contributed by atoms with E-state index in [0.29, 0.717) is 5.02 Å². The topological polar surface area (TPSA) is 20.2 Å². The molecule has 0 heterocycles. The summed E-state index contributed by atoms with van der Waals surface area (Å²) >= 11 is 6.93. The zero-order chi connectivity index (χ0) is 34.4. The van der Waals surface area contributed by atoms with Gasteiger partial charge in [0.25, 0.3) is 0 Å². The molecule has 0 saturated heterocycles. The standard InChI is InChI=1S/C49H33ClO/c50-46-32-14-12-26-40(46)39-25-11-13-31-45(39)49(51)47-41(37-23-9-7-21-35(37)33-17-3-1-4-18-33)27-15-29-43(47)44-30-16-28-42(48(44)49)38-24-10-8-22-36(38)34-19-5-2-6-20-34/h1-32,51H. The molecule has 0 aliphatic heterocycles. The number of halogens is 1. The Morgan fingerprint density at radius 3 is 1.10 bits per heavy atom. The monoisotopic (exact) mass is 672 g/mol. The van der Waals surface area contributed by atoms with Crippen LogP contribution in [0.4, 0.5) is 0 Å². The Labute approximate surface area is 303 Å². The molecular formula is C49H33ClO. The molecular weight excluding hydrogens is 640 g/mol. The second-order valence-corrected chi connectivity index (χ2v) is 13.4. The van der Waals surface area contributed by atoms with E-state index in [1.165, 1.54) is 0 Å². The molecule has 0 fully saturated rings. The average Bonchev–Trinajstić information content (AvgIpc) is 3.48. The highest BCUT2D eigenvalue weighted by atomic mass is 35.5. The van der Waals surface area contributed by atoms with Crippen LogP contribution in [0.1, 0.15) is 16.7 Å². The summed E-state index contributed by atoms with van der Waals surface area (Å²) in [7, 11) is 0. The van der Waals surface area contributed by atoms with E-state index in [1.54, 1.807) is 0 Å². The van der Waals surface area contributed by atoms with Gasteiger partial charge >= 0.3 is 0 Å². The molecule has 0 bridgehead atoms. The van der Waals surface area contributed by atoms with Gasteiger partial charge in [0.1, 0.15) is 5.60 Å². The van der Waals surface area contributed by atoms with Gasteiger partial charge in [-0.15, -0.1) is 0 Å². The van der Waals surface area contributed by atoms with Crippen LogP contribution in [0, 0.1) is 0 Å². The number of rotatable bonds is 6. The van der Waals surface area contributed by atoms with Crippen LogP contribution in [0.2, 0.25) is 5.02 Å². The highest BCUT2D eigenvalue weighted by Gasteiger charge is 2.48. The van der Waals surface area contributed by atoms with Crippen LogP contribution in [-0.4, -0.2) is 5.11 Å². The normalized spacial score (nSPS) is 12.7. The molecule has 0 aromatic heterocycles. The van der Waals surface area contributed by atoms with E-state index in [9.17, 15) is 5.11 Å². The van der Waals surface area contributed by atoms with Gasteiger partial charge < -0.3 is 5.11 Å². The first kappa shape index (κ1) is 31.0. The van der Waals surface area contributed by atoms with Crippen molar-refractivity contribution < 1.29 is 5.11 Å². The first-order valence-corrected chi connectivity index (χ1v) is 17.7. The van der Waals surface area contributed by atoms with Crippen molar-refractivity contribution in [1.29, 1.82) is 0 Å². The summed E-state index contributed by atoms with van der Waals surface area (Å²) in [6.45, 7) is 0. The Kier molecular flexibility index (Phi) is 7.74. The van der Waals surface area contributed by atoms with Crippen LogP contribution in [0.3, 0.4) is 0 Å². The molecule has 2 heteroatoms. The molecule has 0 atom stereocenters. The van der Waals surface area contributed by atoms with Crippen LogP contribution in [0.5, 0.6) is 0 Å². The van der Waals surface area contributed by atoms with Crippen molar-refractivity contribution in [2.24, 2.45) is 0 Å². The molecule has 9 rings (SSSR count). The van der Waals surface area contributed by atoms with E-state index < -0.39 is 5.60 Å². The summed E-state index contributed by atoms with van der Waals surface area (Å²) in [6, 6.07) is 67.0. The van der Waals surface area contributed by atoms with Crippen LogP contribution in [0.25, 0.3) is 66.8 Å². The minimum Gasteiger partial charge on any atom is -0.376 e. The maximum Gasteiger partial charge on any atom is 0.143 e. The summed E-state index contributed by atoms with van der Waals surface area (Å²) in [5.41, 5.74) is 13.3. The fraction of sp³-hybridized carbons (Fsp3) is 0.0204. The van der Waals surface area contributed by atoms with Gasteiger partial charge in [0, 0.05) is 27.3 Å². The largest absolute Gasteiger partial charge is 0.376 e.